The lowest BCUT2D eigenvalue weighted by atomic mass is 10.1. The molecule has 21 heavy (non-hydrogen) atoms. The second-order valence-corrected chi connectivity index (χ2v) is 6.54. The number of hydrogen-bond donors (Lipinski definition) is 0. The van der Waals surface area contributed by atoms with Crippen LogP contribution in [0.5, 0.6) is 0 Å². The second-order valence-electron chi connectivity index (χ2n) is 5.72. The zero-order valence-corrected chi connectivity index (χ0v) is 12.5. The molecule has 2 fully saturated rings. The van der Waals surface area contributed by atoms with Gasteiger partial charge in [-0.1, -0.05) is 23.5 Å². The lowest BCUT2D eigenvalue weighted by Crippen LogP contribution is -2.36. The van der Waals surface area contributed by atoms with Gasteiger partial charge >= 0.3 is 0 Å². The molecular weight excluding hydrogens is 287 g/mol. The van der Waals surface area contributed by atoms with Crippen LogP contribution in [0.3, 0.4) is 0 Å². The van der Waals surface area contributed by atoms with E-state index in [1.54, 1.807) is 29.0 Å². The maximum atomic E-state index is 13.0. The molecule has 0 spiro atoms. The first-order valence-corrected chi connectivity index (χ1v) is 8.20. The van der Waals surface area contributed by atoms with Crippen molar-refractivity contribution in [1.29, 1.82) is 0 Å². The van der Waals surface area contributed by atoms with Gasteiger partial charge in [0, 0.05) is 31.7 Å². The topological polar surface area (TPSA) is 32.3 Å². The van der Waals surface area contributed by atoms with Gasteiger partial charge in [-0.15, -0.1) is 10.2 Å². The zero-order chi connectivity index (χ0) is 14.2. The minimum Gasteiger partial charge on any atom is -0.342 e. The van der Waals surface area contributed by atoms with Crippen molar-refractivity contribution in [3.05, 3.63) is 41.2 Å². The molecule has 3 heterocycles. The Morgan fingerprint density at radius 1 is 1.14 bits per heavy atom. The van der Waals surface area contributed by atoms with E-state index in [-0.39, 0.29) is 5.82 Å². The van der Waals surface area contributed by atoms with Crippen molar-refractivity contribution in [2.75, 3.05) is 18.0 Å². The van der Waals surface area contributed by atoms with Crippen LogP contribution in [0, 0.1) is 5.82 Å². The second kappa shape index (κ2) is 5.35. The fourth-order valence-corrected chi connectivity index (χ4v) is 4.27. The fraction of sp³-hybridized carbons (Fsp3) is 0.467. The van der Waals surface area contributed by atoms with Gasteiger partial charge < -0.3 is 4.90 Å². The number of anilines is 1. The molecule has 2 aromatic rings. The Morgan fingerprint density at radius 2 is 1.95 bits per heavy atom. The Balaban J connectivity index is 1.47. The number of likely N-dealkylation sites (tertiary alicyclic amines) is 1. The number of nitrogens with zero attached hydrogens (tertiary/aromatic N) is 4. The van der Waals surface area contributed by atoms with Gasteiger partial charge in [0.15, 0.2) is 0 Å². The Bertz CT molecular complexity index is 601. The van der Waals surface area contributed by atoms with Crippen LogP contribution in [0.2, 0.25) is 0 Å². The molecule has 1 aromatic carbocycles. The van der Waals surface area contributed by atoms with Crippen LogP contribution in [-0.4, -0.2) is 40.3 Å². The predicted molar refractivity (Wildman–Crippen MR) is 80.9 cm³/mol. The number of fused-ring (bicyclic) bond motifs is 1. The smallest absolute Gasteiger partial charge is 0.208 e. The van der Waals surface area contributed by atoms with Crippen molar-refractivity contribution in [2.45, 2.75) is 31.5 Å². The number of rotatable bonds is 3. The molecule has 0 aliphatic carbocycles. The summed E-state index contributed by atoms with van der Waals surface area (Å²) in [7, 11) is 0. The van der Waals surface area contributed by atoms with E-state index in [1.165, 1.54) is 18.4 Å². The Labute approximate surface area is 127 Å². The summed E-state index contributed by atoms with van der Waals surface area (Å²) in [6.07, 6.45) is 2.34. The summed E-state index contributed by atoms with van der Waals surface area (Å²) >= 11 is 1.62. The maximum Gasteiger partial charge on any atom is 0.208 e. The van der Waals surface area contributed by atoms with Gasteiger partial charge in [0.1, 0.15) is 11.3 Å². The van der Waals surface area contributed by atoms with Gasteiger partial charge in [0.05, 0.1) is 0 Å². The molecule has 0 N–H and O–H groups in total. The van der Waals surface area contributed by atoms with E-state index >= 15 is 0 Å². The third-order valence-electron chi connectivity index (χ3n) is 4.58. The van der Waals surface area contributed by atoms with Crippen LogP contribution < -0.4 is 4.90 Å². The van der Waals surface area contributed by atoms with E-state index in [0.717, 1.165) is 24.8 Å². The highest BCUT2D eigenvalue weighted by Gasteiger charge is 2.43. The average molecular weight is 304 g/mol. The molecule has 2 saturated heterocycles. The molecule has 0 saturated carbocycles. The summed E-state index contributed by atoms with van der Waals surface area (Å²) in [6.45, 7) is 3.07. The lowest BCUT2D eigenvalue weighted by molar-refractivity contribution is 0.246. The Morgan fingerprint density at radius 3 is 2.71 bits per heavy atom. The van der Waals surface area contributed by atoms with Crippen molar-refractivity contribution in [2.24, 2.45) is 0 Å². The zero-order valence-electron chi connectivity index (χ0n) is 11.7. The quantitative estimate of drug-likeness (QED) is 0.872. The van der Waals surface area contributed by atoms with Crippen LogP contribution in [0.1, 0.15) is 18.4 Å². The standard InChI is InChI=1S/C15H17FN4S/c16-12-3-1-11(2-4-12)9-19-7-5-14-13(19)6-8-20(14)15-18-17-10-21-15/h1-4,10,13-14H,5-9H2/t13-,14+/m0/s1. The highest BCUT2D eigenvalue weighted by Crippen LogP contribution is 2.36. The molecule has 2 aliphatic heterocycles. The Kier molecular flexibility index (Phi) is 3.35. The molecule has 2 atom stereocenters. The van der Waals surface area contributed by atoms with Crippen molar-refractivity contribution in [3.8, 4) is 0 Å². The predicted octanol–water partition coefficient (Wildman–Crippen LogP) is 2.53. The van der Waals surface area contributed by atoms with Gasteiger partial charge in [-0.3, -0.25) is 4.90 Å². The highest BCUT2D eigenvalue weighted by molar-refractivity contribution is 7.13. The van der Waals surface area contributed by atoms with Gasteiger partial charge in [0.25, 0.3) is 0 Å². The molecular formula is C15H17FN4S. The number of aromatic nitrogens is 2. The van der Waals surface area contributed by atoms with E-state index in [1.807, 2.05) is 12.1 Å². The Hall–Kier alpha value is -1.53. The third-order valence-corrected chi connectivity index (χ3v) is 5.31. The monoisotopic (exact) mass is 304 g/mol. The average Bonchev–Trinajstić information content (AvgIpc) is 3.19. The van der Waals surface area contributed by atoms with E-state index in [0.29, 0.717) is 12.1 Å². The maximum absolute atomic E-state index is 13.0. The summed E-state index contributed by atoms with van der Waals surface area (Å²) in [5, 5.41) is 9.21. The van der Waals surface area contributed by atoms with Crippen LogP contribution in [-0.2, 0) is 6.54 Å². The minimum absolute atomic E-state index is 0.165. The van der Waals surface area contributed by atoms with Crippen LogP contribution in [0.15, 0.2) is 29.8 Å². The summed E-state index contributed by atoms with van der Waals surface area (Å²) in [6, 6.07) is 8.01. The summed E-state index contributed by atoms with van der Waals surface area (Å²) < 4.78 is 13.0. The molecule has 2 aliphatic rings. The van der Waals surface area contributed by atoms with Crippen molar-refractivity contribution >= 4 is 16.5 Å². The van der Waals surface area contributed by atoms with Gasteiger partial charge in [-0.05, 0) is 30.5 Å². The fourth-order valence-electron chi connectivity index (χ4n) is 3.63. The molecule has 0 bridgehead atoms. The van der Waals surface area contributed by atoms with Gasteiger partial charge in [-0.2, -0.15) is 0 Å². The summed E-state index contributed by atoms with van der Waals surface area (Å²) in [5.41, 5.74) is 2.99. The van der Waals surface area contributed by atoms with E-state index in [2.05, 4.69) is 20.0 Å². The van der Waals surface area contributed by atoms with Gasteiger partial charge in [0.2, 0.25) is 5.13 Å². The minimum atomic E-state index is -0.165. The van der Waals surface area contributed by atoms with Gasteiger partial charge in [-0.25, -0.2) is 4.39 Å². The van der Waals surface area contributed by atoms with E-state index in [9.17, 15) is 4.39 Å². The largest absolute Gasteiger partial charge is 0.342 e. The molecule has 4 nitrogen and oxygen atoms in total. The van der Waals surface area contributed by atoms with E-state index < -0.39 is 0 Å². The first-order chi connectivity index (χ1) is 10.3. The molecule has 0 unspecified atom stereocenters. The number of halogens is 1. The highest BCUT2D eigenvalue weighted by atomic mass is 32.1. The van der Waals surface area contributed by atoms with E-state index in [4.69, 9.17) is 0 Å². The normalized spacial score (nSPS) is 25.5. The van der Waals surface area contributed by atoms with Crippen molar-refractivity contribution in [3.63, 3.8) is 0 Å². The van der Waals surface area contributed by atoms with Crippen LogP contribution in [0.25, 0.3) is 0 Å². The first-order valence-electron chi connectivity index (χ1n) is 7.32. The molecule has 0 amide bonds. The molecule has 4 rings (SSSR count). The van der Waals surface area contributed by atoms with Crippen LogP contribution >= 0.6 is 11.3 Å². The lowest BCUT2D eigenvalue weighted by Gasteiger charge is -2.25. The number of hydrogen-bond acceptors (Lipinski definition) is 5. The third kappa shape index (κ3) is 2.42. The molecule has 1 aromatic heterocycles. The van der Waals surface area contributed by atoms with Crippen molar-refractivity contribution in [1.82, 2.24) is 15.1 Å². The number of benzene rings is 1. The SMILES string of the molecule is Fc1ccc(CN2CC[C@@H]3[C@@H]2CCN3c2nncs2)cc1. The van der Waals surface area contributed by atoms with Crippen LogP contribution in [0.4, 0.5) is 9.52 Å². The van der Waals surface area contributed by atoms with Crippen molar-refractivity contribution < 1.29 is 4.39 Å². The molecule has 110 valence electrons. The first kappa shape index (κ1) is 13.2. The molecule has 0 radical (unpaired) electrons. The summed E-state index contributed by atoms with van der Waals surface area (Å²) in [4.78, 5) is 4.94. The molecule has 6 heteroatoms. The summed E-state index contributed by atoms with van der Waals surface area (Å²) in [5.74, 6) is -0.165.